The second-order valence-corrected chi connectivity index (χ2v) is 5.94. The van der Waals surface area contributed by atoms with Crippen LogP contribution in [0.1, 0.15) is 24.5 Å². The van der Waals surface area contributed by atoms with Crippen molar-refractivity contribution in [3.05, 3.63) is 40.3 Å². The van der Waals surface area contributed by atoms with E-state index < -0.39 is 5.82 Å². The van der Waals surface area contributed by atoms with Crippen LogP contribution in [0.4, 0.5) is 16.3 Å². The van der Waals surface area contributed by atoms with E-state index in [-0.39, 0.29) is 5.56 Å². The van der Waals surface area contributed by atoms with Crippen LogP contribution in [0.2, 0.25) is 0 Å². The zero-order chi connectivity index (χ0) is 15.8. The van der Waals surface area contributed by atoms with E-state index in [0.717, 1.165) is 18.5 Å². The van der Waals surface area contributed by atoms with E-state index in [1.54, 1.807) is 6.07 Å². The molecule has 0 radical (unpaired) electrons. The van der Waals surface area contributed by atoms with Crippen molar-refractivity contribution < 1.29 is 4.39 Å². The molecule has 2 aromatic heterocycles. The van der Waals surface area contributed by atoms with Crippen molar-refractivity contribution in [2.75, 3.05) is 36.0 Å². The number of halogens is 1. The lowest BCUT2D eigenvalue weighted by atomic mass is 10.3. The van der Waals surface area contributed by atoms with Crippen molar-refractivity contribution in [3.8, 4) is 0 Å². The zero-order valence-electron chi connectivity index (χ0n) is 12.6. The van der Waals surface area contributed by atoms with E-state index in [0.29, 0.717) is 44.0 Å². The summed E-state index contributed by atoms with van der Waals surface area (Å²) in [6, 6.07) is 1.60. The first-order valence-electron chi connectivity index (χ1n) is 7.78. The van der Waals surface area contributed by atoms with Gasteiger partial charge in [-0.25, -0.2) is 19.3 Å². The predicted molar refractivity (Wildman–Crippen MR) is 83.2 cm³/mol. The molecule has 2 fully saturated rings. The van der Waals surface area contributed by atoms with Gasteiger partial charge in [-0.05, 0) is 12.8 Å². The molecule has 0 unspecified atom stereocenters. The maximum Gasteiger partial charge on any atom is 0.252 e. The Labute approximate surface area is 132 Å². The summed E-state index contributed by atoms with van der Waals surface area (Å²) in [4.78, 5) is 31.3. The average molecular weight is 316 g/mol. The van der Waals surface area contributed by atoms with E-state index >= 15 is 0 Å². The lowest BCUT2D eigenvalue weighted by Crippen LogP contribution is -2.48. The lowest BCUT2D eigenvalue weighted by molar-refractivity contribution is 0.599. The average Bonchev–Trinajstić information content (AvgIpc) is 3.40. The highest BCUT2D eigenvalue weighted by Crippen LogP contribution is 2.38. The SMILES string of the molecule is O=c1cc(C2CC2)nc(N2CCN(c3ncc(F)cn3)CC2)[nH]1. The summed E-state index contributed by atoms with van der Waals surface area (Å²) in [5.74, 6) is 1.18. The van der Waals surface area contributed by atoms with Crippen molar-refractivity contribution in [1.82, 2.24) is 19.9 Å². The van der Waals surface area contributed by atoms with Gasteiger partial charge in [0.15, 0.2) is 5.82 Å². The molecule has 7 nitrogen and oxygen atoms in total. The van der Waals surface area contributed by atoms with Gasteiger partial charge in [0, 0.05) is 38.2 Å². The Hall–Kier alpha value is -2.51. The summed E-state index contributed by atoms with van der Waals surface area (Å²) in [6.45, 7) is 2.81. The third-order valence-electron chi connectivity index (χ3n) is 4.21. The molecular weight excluding hydrogens is 299 g/mol. The van der Waals surface area contributed by atoms with Crippen molar-refractivity contribution in [2.45, 2.75) is 18.8 Å². The molecule has 1 saturated carbocycles. The van der Waals surface area contributed by atoms with E-state index in [1.807, 2.05) is 4.90 Å². The maximum absolute atomic E-state index is 12.9. The first-order valence-corrected chi connectivity index (χ1v) is 7.78. The molecule has 2 aliphatic rings. The minimum atomic E-state index is -0.439. The summed E-state index contributed by atoms with van der Waals surface area (Å²) in [5.41, 5.74) is 0.800. The van der Waals surface area contributed by atoms with Gasteiger partial charge in [0.25, 0.3) is 5.56 Å². The highest BCUT2D eigenvalue weighted by molar-refractivity contribution is 5.38. The van der Waals surface area contributed by atoms with Gasteiger partial charge in [0.05, 0.1) is 18.1 Å². The zero-order valence-corrected chi connectivity index (χ0v) is 12.6. The standard InChI is InChI=1S/C15H17FN6O/c16-11-8-17-14(18-9-11)21-3-5-22(6-4-21)15-19-12(10-1-2-10)7-13(23)20-15/h7-10H,1-6H2,(H,19,20,23). The second-order valence-electron chi connectivity index (χ2n) is 5.94. The van der Waals surface area contributed by atoms with Gasteiger partial charge in [-0.2, -0.15) is 0 Å². The van der Waals surface area contributed by atoms with E-state index in [9.17, 15) is 9.18 Å². The number of H-pyrrole nitrogens is 1. The first-order chi connectivity index (χ1) is 11.2. The molecule has 0 amide bonds. The van der Waals surface area contributed by atoms with Crippen LogP contribution < -0.4 is 15.4 Å². The molecule has 4 rings (SSSR count). The molecule has 8 heteroatoms. The smallest absolute Gasteiger partial charge is 0.252 e. The number of aromatic nitrogens is 4. The Balaban J connectivity index is 1.47. The molecule has 1 N–H and O–H groups in total. The molecule has 0 aromatic carbocycles. The Morgan fingerprint density at radius 1 is 1.09 bits per heavy atom. The number of piperazine rings is 1. The van der Waals surface area contributed by atoms with Gasteiger partial charge >= 0.3 is 0 Å². The maximum atomic E-state index is 12.9. The normalized spacial score (nSPS) is 18.3. The van der Waals surface area contributed by atoms with Gasteiger partial charge in [-0.15, -0.1) is 0 Å². The molecular formula is C15H17FN6O. The predicted octanol–water partition coefficient (Wildman–Crippen LogP) is 0.903. The summed E-state index contributed by atoms with van der Waals surface area (Å²) in [5, 5.41) is 0. The first kappa shape index (κ1) is 14.1. The highest BCUT2D eigenvalue weighted by Gasteiger charge is 2.27. The van der Waals surface area contributed by atoms with Gasteiger partial charge in [0.2, 0.25) is 11.9 Å². The van der Waals surface area contributed by atoms with Crippen LogP contribution in [-0.2, 0) is 0 Å². The third-order valence-corrected chi connectivity index (χ3v) is 4.21. The molecule has 1 aliphatic carbocycles. The fourth-order valence-electron chi connectivity index (χ4n) is 2.79. The Morgan fingerprint density at radius 2 is 1.74 bits per heavy atom. The van der Waals surface area contributed by atoms with Crippen LogP contribution in [0.3, 0.4) is 0 Å². The molecule has 0 bridgehead atoms. The van der Waals surface area contributed by atoms with Crippen LogP contribution in [0.25, 0.3) is 0 Å². The molecule has 0 atom stereocenters. The molecule has 23 heavy (non-hydrogen) atoms. The number of aromatic amines is 1. The van der Waals surface area contributed by atoms with Gasteiger partial charge in [-0.1, -0.05) is 0 Å². The largest absolute Gasteiger partial charge is 0.339 e. The van der Waals surface area contributed by atoms with Gasteiger partial charge in [0.1, 0.15) is 0 Å². The Kier molecular flexibility index (Phi) is 3.44. The summed E-state index contributed by atoms with van der Waals surface area (Å²) in [7, 11) is 0. The van der Waals surface area contributed by atoms with Crippen LogP contribution in [0.15, 0.2) is 23.3 Å². The van der Waals surface area contributed by atoms with E-state index in [4.69, 9.17) is 0 Å². The third kappa shape index (κ3) is 3.01. The fourth-order valence-corrected chi connectivity index (χ4v) is 2.79. The fraction of sp³-hybridized carbons (Fsp3) is 0.467. The molecule has 3 heterocycles. The van der Waals surface area contributed by atoms with Crippen LogP contribution >= 0.6 is 0 Å². The quantitative estimate of drug-likeness (QED) is 0.906. The number of anilines is 2. The minimum absolute atomic E-state index is 0.0961. The number of nitrogens with zero attached hydrogens (tertiary/aromatic N) is 5. The van der Waals surface area contributed by atoms with Crippen molar-refractivity contribution in [1.29, 1.82) is 0 Å². The van der Waals surface area contributed by atoms with E-state index in [2.05, 4.69) is 24.8 Å². The number of hydrogen-bond acceptors (Lipinski definition) is 6. The summed E-state index contributed by atoms with van der Waals surface area (Å²) < 4.78 is 12.9. The van der Waals surface area contributed by atoms with Crippen molar-refractivity contribution >= 4 is 11.9 Å². The Morgan fingerprint density at radius 3 is 2.39 bits per heavy atom. The second kappa shape index (κ2) is 5.60. The van der Waals surface area contributed by atoms with Crippen molar-refractivity contribution in [3.63, 3.8) is 0 Å². The number of rotatable bonds is 3. The molecule has 120 valence electrons. The summed E-state index contributed by atoms with van der Waals surface area (Å²) in [6.07, 6.45) is 4.58. The van der Waals surface area contributed by atoms with E-state index in [1.165, 1.54) is 12.4 Å². The monoisotopic (exact) mass is 316 g/mol. The number of hydrogen-bond donors (Lipinski definition) is 1. The summed E-state index contributed by atoms with van der Waals surface area (Å²) >= 11 is 0. The lowest BCUT2D eigenvalue weighted by Gasteiger charge is -2.34. The van der Waals surface area contributed by atoms with Crippen molar-refractivity contribution in [2.24, 2.45) is 0 Å². The van der Waals surface area contributed by atoms with Crippen LogP contribution in [0, 0.1) is 5.82 Å². The molecule has 0 spiro atoms. The number of nitrogens with one attached hydrogen (secondary N) is 1. The molecule has 1 saturated heterocycles. The minimum Gasteiger partial charge on any atom is -0.339 e. The highest BCUT2D eigenvalue weighted by atomic mass is 19.1. The van der Waals surface area contributed by atoms with Gasteiger partial charge < -0.3 is 9.80 Å². The topological polar surface area (TPSA) is 78.0 Å². The van der Waals surface area contributed by atoms with Crippen LogP contribution in [0.5, 0.6) is 0 Å². The Bertz CT molecular complexity index is 749. The molecule has 2 aromatic rings. The van der Waals surface area contributed by atoms with Gasteiger partial charge in [-0.3, -0.25) is 9.78 Å². The van der Waals surface area contributed by atoms with Crippen LogP contribution in [-0.4, -0.2) is 46.1 Å². The molecule has 1 aliphatic heterocycles.